The van der Waals surface area contributed by atoms with Gasteiger partial charge in [-0.25, -0.2) is 0 Å². The van der Waals surface area contributed by atoms with Gasteiger partial charge in [0, 0.05) is 27.6 Å². The summed E-state index contributed by atoms with van der Waals surface area (Å²) in [5.41, 5.74) is 14.4. The van der Waals surface area contributed by atoms with Gasteiger partial charge in [-0.1, -0.05) is 176 Å². The molecule has 0 atom stereocenters. The van der Waals surface area contributed by atoms with Crippen molar-refractivity contribution in [2.75, 3.05) is 4.90 Å². The van der Waals surface area contributed by atoms with Crippen molar-refractivity contribution in [3.8, 4) is 44.5 Å². The molecule has 2 nitrogen and oxygen atoms in total. The van der Waals surface area contributed by atoms with Crippen LogP contribution in [0.1, 0.15) is 0 Å². The van der Waals surface area contributed by atoms with E-state index in [0.717, 1.165) is 66.8 Å². The molecule has 1 heterocycles. The van der Waals surface area contributed by atoms with Crippen LogP contribution in [0.15, 0.2) is 217 Å². The van der Waals surface area contributed by atoms with Crippen LogP contribution in [-0.4, -0.2) is 0 Å². The summed E-state index contributed by atoms with van der Waals surface area (Å²) in [6.07, 6.45) is 0. The molecule has 254 valence electrons. The van der Waals surface area contributed by atoms with E-state index in [2.05, 4.69) is 205 Å². The Hall–Kier alpha value is -7.16. The number of benzene rings is 9. The Bertz CT molecular complexity index is 2940. The number of fused-ring (bicyclic) bond motifs is 4. The smallest absolute Gasteiger partial charge is 0.136 e. The Kier molecular flexibility index (Phi) is 7.85. The van der Waals surface area contributed by atoms with Crippen molar-refractivity contribution in [3.05, 3.63) is 212 Å². The largest absolute Gasteiger partial charge is 0.456 e. The minimum atomic E-state index is 0.890. The predicted molar refractivity (Wildman–Crippen MR) is 228 cm³/mol. The third-order valence-corrected chi connectivity index (χ3v) is 10.5. The van der Waals surface area contributed by atoms with Gasteiger partial charge in [0.05, 0.1) is 11.4 Å². The first-order chi connectivity index (χ1) is 26.8. The van der Waals surface area contributed by atoms with Crippen LogP contribution in [0.3, 0.4) is 0 Å². The Balaban J connectivity index is 1.24. The quantitative estimate of drug-likeness (QED) is 0.166. The number of rotatable bonds is 7. The zero-order valence-electron chi connectivity index (χ0n) is 29.6. The lowest BCUT2D eigenvalue weighted by atomic mass is 9.90. The molecular formula is C52H35NO. The van der Waals surface area contributed by atoms with Crippen molar-refractivity contribution in [1.29, 1.82) is 0 Å². The van der Waals surface area contributed by atoms with Gasteiger partial charge in [-0.3, -0.25) is 0 Å². The van der Waals surface area contributed by atoms with Gasteiger partial charge >= 0.3 is 0 Å². The van der Waals surface area contributed by atoms with E-state index in [-0.39, 0.29) is 0 Å². The van der Waals surface area contributed by atoms with Crippen LogP contribution in [0, 0.1) is 0 Å². The third kappa shape index (κ3) is 5.44. The minimum absolute atomic E-state index is 0.890. The Morgan fingerprint density at radius 1 is 0.315 bits per heavy atom. The molecule has 0 amide bonds. The second-order valence-electron chi connectivity index (χ2n) is 13.6. The molecule has 54 heavy (non-hydrogen) atoms. The summed E-state index contributed by atoms with van der Waals surface area (Å²) in [6, 6.07) is 76.0. The summed E-state index contributed by atoms with van der Waals surface area (Å²) in [5.74, 6) is 0. The molecule has 10 rings (SSSR count). The van der Waals surface area contributed by atoms with Crippen LogP contribution in [0.5, 0.6) is 0 Å². The van der Waals surface area contributed by atoms with Crippen molar-refractivity contribution in [3.63, 3.8) is 0 Å². The molecule has 0 N–H and O–H groups in total. The SMILES string of the molecule is c1ccc(-c2ccccc2N(c2cccc(-c3cccc4oc5ccccc5c34)c2)c2ccccc2-c2cccc3cccc(-c4ccccc4)c23)cc1. The van der Waals surface area contributed by atoms with Gasteiger partial charge in [0.1, 0.15) is 11.2 Å². The van der Waals surface area contributed by atoms with Crippen LogP contribution in [0.4, 0.5) is 17.1 Å². The Labute approximate surface area is 314 Å². The molecule has 0 bridgehead atoms. The normalized spacial score (nSPS) is 11.3. The summed E-state index contributed by atoms with van der Waals surface area (Å²) in [5, 5.41) is 4.70. The predicted octanol–water partition coefficient (Wildman–Crippen LogP) is 14.9. The molecule has 0 aliphatic heterocycles. The van der Waals surface area contributed by atoms with Crippen molar-refractivity contribution >= 4 is 49.8 Å². The van der Waals surface area contributed by atoms with E-state index < -0.39 is 0 Å². The zero-order chi connectivity index (χ0) is 35.8. The van der Waals surface area contributed by atoms with Crippen LogP contribution in [0.25, 0.3) is 77.2 Å². The highest BCUT2D eigenvalue weighted by molar-refractivity contribution is 6.13. The van der Waals surface area contributed by atoms with E-state index in [0.29, 0.717) is 0 Å². The van der Waals surface area contributed by atoms with Crippen LogP contribution >= 0.6 is 0 Å². The highest BCUT2D eigenvalue weighted by Gasteiger charge is 2.23. The summed E-state index contributed by atoms with van der Waals surface area (Å²) < 4.78 is 6.33. The first-order valence-electron chi connectivity index (χ1n) is 18.4. The number of hydrogen-bond acceptors (Lipinski definition) is 2. The van der Waals surface area contributed by atoms with Crippen LogP contribution < -0.4 is 4.90 Å². The molecule has 0 fully saturated rings. The van der Waals surface area contributed by atoms with Crippen LogP contribution in [0.2, 0.25) is 0 Å². The lowest BCUT2D eigenvalue weighted by Crippen LogP contribution is -2.12. The molecule has 0 saturated carbocycles. The monoisotopic (exact) mass is 689 g/mol. The van der Waals surface area contributed by atoms with Gasteiger partial charge in [0.25, 0.3) is 0 Å². The molecule has 0 unspecified atom stereocenters. The average Bonchev–Trinajstić information content (AvgIpc) is 3.64. The van der Waals surface area contributed by atoms with Crippen molar-refractivity contribution < 1.29 is 4.42 Å². The van der Waals surface area contributed by atoms with Gasteiger partial charge in [0.2, 0.25) is 0 Å². The average molecular weight is 690 g/mol. The molecule has 0 saturated heterocycles. The summed E-state index contributed by atoms with van der Waals surface area (Å²) in [4.78, 5) is 2.44. The number of nitrogens with zero attached hydrogens (tertiary/aromatic N) is 1. The minimum Gasteiger partial charge on any atom is -0.456 e. The van der Waals surface area contributed by atoms with Crippen LogP contribution in [-0.2, 0) is 0 Å². The Morgan fingerprint density at radius 2 is 0.815 bits per heavy atom. The first kappa shape index (κ1) is 31.6. The first-order valence-corrected chi connectivity index (χ1v) is 18.4. The fraction of sp³-hybridized carbons (Fsp3) is 0. The molecule has 0 spiro atoms. The molecule has 10 aromatic rings. The Morgan fingerprint density at radius 3 is 1.57 bits per heavy atom. The van der Waals surface area contributed by atoms with E-state index in [1.54, 1.807) is 0 Å². The highest BCUT2D eigenvalue weighted by Crippen LogP contribution is 2.48. The zero-order valence-corrected chi connectivity index (χ0v) is 29.6. The van der Waals surface area contributed by atoms with E-state index in [1.807, 2.05) is 12.1 Å². The lowest BCUT2D eigenvalue weighted by molar-refractivity contribution is 0.669. The van der Waals surface area contributed by atoms with E-state index >= 15 is 0 Å². The molecule has 0 aliphatic rings. The maximum absolute atomic E-state index is 6.33. The third-order valence-electron chi connectivity index (χ3n) is 10.5. The number of furan rings is 1. The van der Waals surface area contributed by atoms with Gasteiger partial charge in [-0.15, -0.1) is 0 Å². The topological polar surface area (TPSA) is 16.4 Å². The molecular weight excluding hydrogens is 655 g/mol. The number of anilines is 3. The maximum atomic E-state index is 6.33. The number of para-hydroxylation sites is 3. The highest BCUT2D eigenvalue weighted by atomic mass is 16.3. The second-order valence-corrected chi connectivity index (χ2v) is 13.6. The summed E-state index contributed by atoms with van der Waals surface area (Å²) in [6.45, 7) is 0. The molecule has 0 radical (unpaired) electrons. The van der Waals surface area contributed by atoms with E-state index in [1.165, 1.54) is 27.5 Å². The van der Waals surface area contributed by atoms with Gasteiger partial charge < -0.3 is 9.32 Å². The van der Waals surface area contributed by atoms with Gasteiger partial charge in [0.15, 0.2) is 0 Å². The van der Waals surface area contributed by atoms with Crippen molar-refractivity contribution in [2.24, 2.45) is 0 Å². The summed E-state index contributed by atoms with van der Waals surface area (Å²) >= 11 is 0. The van der Waals surface area contributed by atoms with Gasteiger partial charge in [-0.05, 0) is 80.6 Å². The standard InChI is InChI=1S/C52H35NO/c1-3-17-36(18-4-1)41-25-7-10-31-47(41)53(40-24-13-23-39(35-40)43-29-16-34-50-52(43)46-27-9-12-33-49(46)54-50)48-32-11-8-26-44(48)45-30-15-22-38-21-14-28-42(51(38)45)37-19-5-2-6-20-37/h1-35H. The van der Waals surface area contributed by atoms with Crippen molar-refractivity contribution in [2.45, 2.75) is 0 Å². The van der Waals surface area contributed by atoms with E-state index in [9.17, 15) is 0 Å². The molecule has 9 aromatic carbocycles. The fourth-order valence-electron chi connectivity index (χ4n) is 8.09. The number of hydrogen-bond donors (Lipinski definition) is 0. The van der Waals surface area contributed by atoms with E-state index in [4.69, 9.17) is 4.42 Å². The summed E-state index contributed by atoms with van der Waals surface area (Å²) in [7, 11) is 0. The fourth-order valence-corrected chi connectivity index (χ4v) is 8.09. The lowest BCUT2D eigenvalue weighted by Gasteiger charge is -2.30. The molecule has 1 aromatic heterocycles. The molecule has 0 aliphatic carbocycles. The second kappa shape index (κ2) is 13.4. The molecule has 2 heteroatoms. The maximum Gasteiger partial charge on any atom is 0.136 e. The van der Waals surface area contributed by atoms with Gasteiger partial charge in [-0.2, -0.15) is 0 Å². The van der Waals surface area contributed by atoms with Crippen molar-refractivity contribution in [1.82, 2.24) is 0 Å².